The smallest absolute Gasteiger partial charge is 0.334 e. The van der Waals surface area contributed by atoms with E-state index in [9.17, 15) is 9.90 Å². The van der Waals surface area contributed by atoms with Crippen molar-refractivity contribution >= 4 is 5.97 Å². The van der Waals surface area contributed by atoms with Gasteiger partial charge in [0.25, 0.3) is 0 Å². The summed E-state index contributed by atoms with van der Waals surface area (Å²) >= 11 is 0. The third kappa shape index (κ3) is 2.56. The van der Waals surface area contributed by atoms with Crippen LogP contribution in [0.15, 0.2) is 11.6 Å². The predicted molar refractivity (Wildman–Crippen MR) is 90.9 cm³/mol. The number of hydrogen-bond donors (Lipinski definition) is 1. The van der Waals surface area contributed by atoms with Crippen LogP contribution in [0.2, 0.25) is 0 Å². The van der Waals surface area contributed by atoms with Gasteiger partial charge in [-0.25, -0.2) is 4.79 Å². The molecule has 2 saturated carbocycles. The van der Waals surface area contributed by atoms with Gasteiger partial charge in [-0.1, -0.05) is 34.1 Å². The fourth-order valence-electron chi connectivity index (χ4n) is 6.02. The fraction of sp³-hybridized carbons (Fsp3) is 0.850. The van der Waals surface area contributed by atoms with Crippen molar-refractivity contribution in [2.45, 2.75) is 78.2 Å². The summed E-state index contributed by atoms with van der Waals surface area (Å²) in [6.45, 7) is 9.67. The molecule has 3 rings (SSSR count). The number of fused-ring (bicyclic) bond motifs is 1. The molecule has 2 fully saturated rings. The van der Waals surface area contributed by atoms with E-state index in [1.54, 1.807) is 0 Å². The van der Waals surface area contributed by atoms with Gasteiger partial charge in [-0.2, -0.15) is 0 Å². The van der Waals surface area contributed by atoms with Crippen LogP contribution in [0.1, 0.15) is 72.6 Å². The van der Waals surface area contributed by atoms with Crippen LogP contribution in [0, 0.1) is 22.7 Å². The quantitative estimate of drug-likeness (QED) is 0.791. The average Bonchev–Trinajstić information content (AvgIpc) is 2.87. The first kappa shape index (κ1) is 17.0. The molecule has 0 radical (unpaired) electrons. The van der Waals surface area contributed by atoms with Crippen LogP contribution >= 0.6 is 0 Å². The van der Waals surface area contributed by atoms with Crippen molar-refractivity contribution in [1.82, 2.24) is 0 Å². The van der Waals surface area contributed by atoms with Crippen LogP contribution in [0.25, 0.3) is 0 Å². The zero-order chi connectivity index (χ0) is 16.9. The Morgan fingerprint density at radius 3 is 2.65 bits per heavy atom. The van der Waals surface area contributed by atoms with E-state index >= 15 is 0 Å². The zero-order valence-corrected chi connectivity index (χ0v) is 15.2. The van der Waals surface area contributed by atoms with Crippen LogP contribution in [0.5, 0.6) is 0 Å². The molecule has 0 unspecified atom stereocenters. The Balaban J connectivity index is 1.86. The molecule has 2 aliphatic carbocycles. The molecular weight excluding hydrogens is 288 g/mol. The van der Waals surface area contributed by atoms with Crippen molar-refractivity contribution in [3.8, 4) is 0 Å². The Hall–Kier alpha value is -0.830. The predicted octanol–water partition coefficient (Wildman–Crippen LogP) is 4.24. The number of rotatable bonds is 3. The maximum Gasteiger partial charge on any atom is 0.334 e. The minimum atomic E-state index is -0.683. The van der Waals surface area contributed by atoms with Gasteiger partial charge in [0.15, 0.2) is 0 Å². The number of hydrogen-bond acceptors (Lipinski definition) is 3. The second kappa shape index (κ2) is 5.61. The summed E-state index contributed by atoms with van der Waals surface area (Å²) in [5.74, 6) is 0.660. The van der Waals surface area contributed by atoms with Crippen molar-refractivity contribution in [2.75, 3.05) is 6.61 Å². The number of ether oxygens (including phenoxy) is 1. The lowest BCUT2D eigenvalue weighted by Crippen LogP contribution is -2.62. The third-order valence-electron chi connectivity index (χ3n) is 7.50. The Morgan fingerprint density at radius 2 is 2.00 bits per heavy atom. The van der Waals surface area contributed by atoms with E-state index < -0.39 is 5.60 Å². The lowest BCUT2D eigenvalue weighted by atomic mass is 9.44. The topological polar surface area (TPSA) is 46.5 Å². The van der Waals surface area contributed by atoms with E-state index in [2.05, 4.69) is 27.7 Å². The van der Waals surface area contributed by atoms with Crippen molar-refractivity contribution in [2.24, 2.45) is 22.7 Å². The molecule has 0 spiro atoms. The van der Waals surface area contributed by atoms with Gasteiger partial charge in [0.05, 0.1) is 5.60 Å². The highest BCUT2D eigenvalue weighted by Gasteiger charge is 2.60. The van der Waals surface area contributed by atoms with E-state index in [1.165, 1.54) is 19.3 Å². The molecule has 0 aromatic rings. The standard InChI is InChI=1S/C20H32O3/c1-14-6-7-16-18(2,3)10-5-11-19(16,4)20(14,22)12-8-15-9-13-23-17(15)21/h9,14,16,22H,5-8,10-13H2,1-4H3/t14-,16+,19+,20-/m0/s1. The number of aliphatic hydroxyl groups is 1. The summed E-state index contributed by atoms with van der Waals surface area (Å²) in [6.07, 6.45) is 9.06. The first-order valence-electron chi connectivity index (χ1n) is 9.29. The maximum absolute atomic E-state index is 11.8. The van der Waals surface area contributed by atoms with Gasteiger partial charge in [-0.05, 0) is 67.3 Å². The number of carbonyl (C=O) groups excluding carboxylic acids is 1. The molecular formula is C20H32O3. The molecule has 130 valence electrons. The minimum Gasteiger partial charge on any atom is -0.458 e. The summed E-state index contributed by atoms with van der Waals surface area (Å²) in [5.41, 5.74) is 0.325. The van der Waals surface area contributed by atoms with E-state index in [1.807, 2.05) is 6.08 Å². The van der Waals surface area contributed by atoms with Crippen LogP contribution in [-0.4, -0.2) is 23.3 Å². The van der Waals surface area contributed by atoms with Crippen molar-refractivity contribution in [1.29, 1.82) is 0 Å². The van der Waals surface area contributed by atoms with Crippen molar-refractivity contribution in [3.63, 3.8) is 0 Å². The summed E-state index contributed by atoms with van der Waals surface area (Å²) in [4.78, 5) is 11.7. The van der Waals surface area contributed by atoms with Crippen LogP contribution < -0.4 is 0 Å². The van der Waals surface area contributed by atoms with Crippen molar-refractivity contribution < 1.29 is 14.6 Å². The minimum absolute atomic E-state index is 0.0461. The lowest BCUT2D eigenvalue weighted by molar-refractivity contribution is -0.211. The van der Waals surface area contributed by atoms with E-state index in [-0.39, 0.29) is 17.3 Å². The van der Waals surface area contributed by atoms with Crippen LogP contribution in [0.3, 0.4) is 0 Å². The summed E-state index contributed by atoms with van der Waals surface area (Å²) < 4.78 is 5.02. The largest absolute Gasteiger partial charge is 0.458 e. The fourth-order valence-corrected chi connectivity index (χ4v) is 6.02. The van der Waals surface area contributed by atoms with Crippen LogP contribution in [-0.2, 0) is 9.53 Å². The summed E-state index contributed by atoms with van der Waals surface area (Å²) in [6, 6.07) is 0. The van der Waals surface area contributed by atoms with E-state index in [0.29, 0.717) is 30.8 Å². The lowest BCUT2D eigenvalue weighted by Gasteiger charge is -2.63. The summed E-state index contributed by atoms with van der Waals surface area (Å²) in [7, 11) is 0. The molecule has 3 heteroatoms. The first-order chi connectivity index (χ1) is 10.7. The van der Waals surface area contributed by atoms with Crippen LogP contribution in [0.4, 0.5) is 0 Å². The monoisotopic (exact) mass is 320 g/mol. The molecule has 0 aromatic heterocycles. The van der Waals surface area contributed by atoms with Gasteiger partial charge in [-0.15, -0.1) is 0 Å². The van der Waals surface area contributed by atoms with Gasteiger partial charge >= 0.3 is 5.97 Å². The van der Waals surface area contributed by atoms with Gasteiger partial charge in [0, 0.05) is 5.57 Å². The third-order valence-corrected chi connectivity index (χ3v) is 7.50. The second-order valence-electron chi connectivity index (χ2n) is 9.04. The van der Waals surface area contributed by atoms with Gasteiger partial charge in [0.2, 0.25) is 0 Å². The first-order valence-corrected chi connectivity index (χ1v) is 9.29. The highest BCUT2D eigenvalue weighted by Crippen LogP contribution is 2.63. The summed E-state index contributed by atoms with van der Waals surface area (Å²) in [5, 5.41) is 11.8. The number of cyclic esters (lactones) is 1. The highest BCUT2D eigenvalue weighted by atomic mass is 16.5. The molecule has 4 atom stereocenters. The molecule has 3 nitrogen and oxygen atoms in total. The average molecular weight is 320 g/mol. The van der Waals surface area contributed by atoms with Gasteiger partial charge in [0.1, 0.15) is 6.61 Å². The molecule has 0 aromatic carbocycles. The Kier molecular flexibility index (Phi) is 4.15. The molecule has 0 bridgehead atoms. The van der Waals surface area contributed by atoms with Crippen molar-refractivity contribution in [3.05, 3.63) is 11.6 Å². The molecule has 3 aliphatic rings. The number of esters is 1. The SMILES string of the molecule is C[C@H]1CC[C@@H]2C(C)(C)CCC[C@@]2(C)[C@]1(O)CCC1=CCOC1=O. The molecule has 23 heavy (non-hydrogen) atoms. The maximum atomic E-state index is 11.8. The van der Waals surface area contributed by atoms with E-state index in [4.69, 9.17) is 4.74 Å². The molecule has 1 heterocycles. The highest BCUT2D eigenvalue weighted by molar-refractivity contribution is 5.90. The Labute approximate surface area is 140 Å². The molecule has 0 saturated heterocycles. The van der Waals surface area contributed by atoms with Gasteiger partial charge in [-0.3, -0.25) is 0 Å². The Bertz CT molecular complexity index is 521. The number of carbonyl (C=O) groups is 1. The Morgan fingerprint density at radius 1 is 1.26 bits per heavy atom. The van der Waals surface area contributed by atoms with E-state index in [0.717, 1.165) is 18.4 Å². The molecule has 1 aliphatic heterocycles. The molecule has 0 amide bonds. The normalized spacial score (nSPS) is 42.8. The zero-order valence-electron chi connectivity index (χ0n) is 15.2. The second-order valence-corrected chi connectivity index (χ2v) is 9.04. The van der Waals surface area contributed by atoms with Gasteiger partial charge < -0.3 is 9.84 Å². The molecule has 1 N–H and O–H groups in total.